The van der Waals surface area contributed by atoms with Gasteiger partial charge in [-0.25, -0.2) is 0 Å². The summed E-state index contributed by atoms with van der Waals surface area (Å²) in [5.41, 5.74) is 0. The normalized spacial score (nSPS) is 13.2. The summed E-state index contributed by atoms with van der Waals surface area (Å²) in [6.07, 6.45) is 2.29. The maximum atomic E-state index is 5.38. The Morgan fingerprint density at radius 3 is 2.46 bits per heavy atom. The Bertz CT molecular complexity index is 98.9. The quantitative estimate of drug-likeness (QED) is 0.557. The summed E-state index contributed by atoms with van der Waals surface area (Å²) in [5, 5.41) is 3.20. The summed E-state index contributed by atoms with van der Waals surface area (Å²) in [5.74, 6) is 0. The third-order valence-corrected chi connectivity index (χ3v) is 1.99. The molecule has 0 heterocycles. The van der Waals surface area contributed by atoms with Crippen molar-refractivity contribution in [2.75, 3.05) is 33.5 Å². The van der Waals surface area contributed by atoms with Gasteiger partial charge in [0.25, 0.3) is 0 Å². The smallest absolute Gasteiger partial charge is 0.0700 e. The molecule has 1 unspecified atom stereocenters. The second-order valence-electron chi connectivity index (χ2n) is 3.14. The van der Waals surface area contributed by atoms with Crippen LogP contribution in [0.3, 0.4) is 0 Å². The fourth-order valence-corrected chi connectivity index (χ4v) is 1.00. The van der Waals surface area contributed by atoms with Crippen LogP contribution in [0.2, 0.25) is 0 Å². The molecule has 0 fully saturated rings. The van der Waals surface area contributed by atoms with E-state index in [1.165, 1.54) is 6.42 Å². The summed E-state index contributed by atoms with van der Waals surface area (Å²) in [6.45, 7) is 7.24. The van der Waals surface area contributed by atoms with E-state index < -0.39 is 0 Å². The summed E-state index contributed by atoms with van der Waals surface area (Å²) in [4.78, 5) is 0. The Morgan fingerprint density at radius 2 is 1.85 bits per heavy atom. The monoisotopic (exact) mass is 189 g/mol. The second-order valence-corrected chi connectivity index (χ2v) is 3.14. The van der Waals surface area contributed by atoms with Gasteiger partial charge < -0.3 is 14.8 Å². The van der Waals surface area contributed by atoms with E-state index in [9.17, 15) is 0 Å². The lowest BCUT2D eigenvalue weighted by Crippen LogP contribution is -2.21. The molecule has 0 rings (SSSR count). The average molecular weight is 189 g/mol. The summed E-state index contributed by atoms with van der Waals surface area (Å²) >= 11 is 0. The number of hydrogen-bond acceptors (Lipinski definition) is 3. The molecular formula is C10H23NO2. The summed E-state index contributed by atoms with van der Waals surface area (Å²) in [6, 6.07) is 0.593. The third kappa shape index (κ3) is 9.80. The lowest BCUT2D eigenvalue weighted by molar-refractivity contribution is 0.0509. The molecule has 13 heavy (non-hydrogen) atoms. The van der Waals surface area contributed by atoms with Crippen molar-refractivity contribution < 1.29 is 9.47 Å². The van der Waals surface area contributed by atoms with Crippen LogP contribution in [-0.4, -0.2) is 39.5 Å². The molecule has 0 aliphatic heterocycles. The number of hydrogen-bond donors (Lipinski definition) is 1. The molecule has 0 radical (unpaired) electrons. The van der Waals surface area contributed by atoms with Gasteiger partial charge in [-0.15, -0.1) is 0 Å². The molecule has 0 bridgehead atoms. The first-order chi connectivity index (χ1) is 6.31. The zero-order chi connectivity index (χ0) is 9.94. The molecule has 0 aromatic rings. The Kier molecular flexibility index (Phi) is 9.87. The van der Waals surface area contributed by atoms with Crippen LogP contribution in [0, 0.1) is 0 Å². The second kappa shape index (κ2) is 9.96. The Balaban J connectivity index is 2.91. The van der Waals surface area contributed by atoms with Crippen molar-refractivity contribution in [3.63, 3.8) is 0 Å². The maximum Gasteiger partial charge on any atom is 0.0700 e. The van der Waals surface area contributed by atoms with E-state index in [0.717, 1.165) is 32.8 Å². The Labute approximate surface area is 81.8 Å². The molecule has 1 N–H and O–H groups in total. The van der Waals surface area contributed by atoms with Crippen LogP contribution in [0.25, 0.3) is 0 Å². The average Bonchev–Trinajstić information content (AvgIpc) is 2.16. The van der Waals surface area contributed by atoms with Crippen LogP contribution < -0.4 is 5.32 Å². The van der Waals surface area contributed by atoms with Crippen molar-refractivity contribution in [2.24, 2.45) is 0 Å². The molecule has 0 spiro atoms. The van der Waals surface area contributed by atoms with Crippen molar-refractivity contribution in [1.29, 1.82) is 0 Å². The molecular weight excluding hydrogens is 166 g/mol. The van der Waals surface area contributed by atoms with Crippen molar-refractivity contribution in [3.05, 3.63) is 0 Å². The van der Waals surface area contributed by atoms with Crippen molar-refractivity contribution >= 4 is 0 Å². The first-order valence-corrected chi connectivity index (χ1v) is 5.14. The molecule has 3 nitrogen and oxygen atoms in total. The highest BCUT2D eigenvalue weighted by Crippen LogP contribution is 1.95. The fraction of sp³-hybridized carbons (Fsp3) is 1.00. The summed E-state index contributed by atoms with van der Waals surface area (Å²) < 4.78 is 10.5. The van der Waals surface area contributed by atoms with E-state index in [1.807, 2.05) is 14.0 Å². The molecule has 0 aliphatic rings. The van der Waals surface area contributed by atoms with Gasteiger partial charge >= 0.3 is 0 Å². The molecule has 0 saturated carbocycles. The first kappa shape index (κ1) is 12.9. The molecule has 0 aliphatic carbocycles. The minimum absolute atomic E-state index is 0.593. The van der Waals surface area contributed by atoms with Crippen molar-refractivity contribution in [3.8, 4) is 0 Å². The van der Waals surface area contributed by atoms with Crippen molar-refractivity contribution in [2.45, 2.75) is 32.7 Å². The van der Waals surface area contributed by atoms with Gasteiger partial charge in [-0.1, -0.05) is 0 Å². The van der Waals surface area contributed by atoms with Gasteiger partial charge in [0.05, 0.1) is 13.2 Å². The zero-order valence-electron chi connectivity index (χ0n) is 9.14. The standard InChI is InChI=1S/C10H23NO2/c1-4-12-8-9-13-7-5-6-10(2)11-3/h10-11H,4-9H2,1-3H3. The van der Waals surface area contributed by atoms with Crippen LogP contribution in [-0.2, 0) is 9.47 Å². The molecule has 0 aromatic carbocycles. The SMILES string of the molecule is CCOCCOCCCC(C)NC. The van der Waals surface area contributed by atoms with Gasteiger partial charge in [0.2, 0.25) is 0 Å². The Morgan fingerprint density at radius 1 is 1.15 bits per heavy atom. The predicted octanol–water partition coefficient (Wildman–Crippen LogP) is 1.43. The largest absolute Gasteiger partial charge is 0.379 e. The van der Waals surface area contributed by atoms with Gasteiger partial charge in [-0.05, 0) is 33.7 Å². The van der Waals surface area contributed by atoms with Crippen LogP contribution >= 0.6 is 0 Å². The van der Waals surface area contributed by atoms with Crippen LogP contribution in [0.15, 0.2) is 0 Å². The lowest BCUT2D eigenvalue weighted by Gasteiger charge is -2.09. The van der Waals surface area contributed by atoms with Gasteiger partial charge in [0.1, 0.15) is 0 Å². The zero-order valence-corrected chi connectivity index (χ0v) is 9.14. The third-order valence-electron chi connectivity index (χ3n) is 1.99. The number of ether oxygens (including phenoxy) is 2. The molecule has 0 aromatic heterocycles. The minimum atomic E-state index is 0.593. The van der Waals surface area contributed by atoms with Crippen molar-refractivity contribution in [1.82, 2.24) is 5.32 Å². The molecule has 1 atom stereocenters. The van der Waals surface area contributed by atoms with Gasteiger partial charge in [-0.3, -0.25) is 0 Å². The van der Waals surface area contributed by atoms with E-state index in [4.69, 9.17) is 9.47 Å². The highest BCUT2D eigenvalue weighted by molar-refractivity contribution is 4.55. The highest BCUT2D eigenvalue weighted by atomic mass is 16.5. The highest BCUT2D eigenvalue weighted by Gasteiger charge is 1.96. The topological polar surface area (TPSA) is 30.5 Å². The van der Waals surface area contributed by atoms with Gasteiger partial charge in [-0.2, -0.15) is 0 Å². The van der Waals surface area contributed by atoms with Crippen LogP contribution in [0.5, 0.6) is 0 Å². The van der Waals surface area contributed by atoms with Gasteiger partial charge in [0.15, 0.2) is 0 Å². The first-order valence-electron chi connectivity index (χ1n) is 5.14. The molecule has 80 valence electrons. The van der Waals surface area contributed by atoms with E-state index in [0.29, 0.717) is 6.04 Å². The predicted molar refractivity (Wildman–Crippen MR) is 55.1 cm³/mol. The Hall–Kier alpha value is -0.120. The number of rotatable bonds is 9. The molecule has 0 amide bonds. The minimum Gasteiger partial charge on any atom is -0.379 e. The molecule has 3 heteroatoms. The number of nitrogens with one attached hydrogen (secondary N) is 1. The maximum absolute atomic E-state index is 5.38. The molecule has 0 saturated heterocycles. The fourth-order valence-electron chi connectivity index (χ4n) is 1.00. The van der Waals surface area contributed by atoms with E-state index in [2.05, 4.69) is 12.2 Å². The lowest BCUT2D eigenvalue weighted by atomic mass is 10.2. The van der Waals surface area contributed by atoms with E-state index in [-0.39, 0.29) is 0 Å². The van der Waals surface area contributed by atoms with Crippen LogP contribution in [0.1, 0.15) is 26.7 Å². The van der Waals surface area contributed by atoms with E-state index >= 15 is 0 Å². The van der Waals surface area contributed by atoms with E-state index in [1.54, 1.807) is 0 Å². The van der Waals surface area contributed by atoms with Crippen LogP contribution in [0.4, 0.5) is 0 Å². The summed E-state index contributed by atoms with van der Waals surface area (Å²) in [7, 11) is 1.99. The van der Waals surface area contributed by atoms with Gasteiger partial charge in [0, 0.05) is 19.3 Å².